The van der Waals surface area contributed by atoms with Gasteiger partial charge in [-0.15, -0.1) is 0 Å². The van der Waals surface area contributed by atoms with Crippen LogP contribution in [-0.4, -0.2) is 59.0 Å². The number of ether oxygens (including phenoxy) is 2. The number of morpholine rings is 1. The lowest BCUT2D eigenvalue weighted by atomic mass is 9.97. The fourth-order valence-electron chi connectivity index (χ4n) is 2.25. The van der Waals surface area contributed by atoms with Crippen LogP contribution in [0.5, 0.6) is 5.75 Å². The zero-order valence-corrected chi connectivity index (χ0v) is 12.5. The first-order valence-electron chi connectivity index (χ1n) is 6.85. The van der Waals surface area contributed by atoms with E-state index in [1.807, 2.05) is 12.1 Å². The van der Waals surface area contributed by atoms with Crippen LogP contribution in [0.25, 0.3) is 0 Å². The number of amides is 1. The van der Waals surface area contributed by atoms with E-state index in [0.717, 1.165) is 12.5 Å². The van der Waals surface area contributed by atoms with E-state index in [0.29, 0.717) is 18.8 Å². The highest BCUT2D eigenvalue weighted by Crippen LogP contribution is 2.22. The number of carbonyl (C=O) groups is 2. The maximum absolute atomic E-state index is 12.4. The van der Waals surface area contributed by atoms with Crippen LogP contribution >= 0.6 is 0 Å². The minimum absolute atomic E-state index is 0.177. The Labute approximate surface area is 128 Å². The number of hydrogen-bond acceptors (Lipinski definition) is 5. The Morgan fingerprint density at radius 3 is 2.64 bits per heavy atom. The Bertz CT molecular complexity index is 554. The van der Waals surface area contributed by atoms with Gasteiger partial charge >= 0.3 is 5.97 Å². The molecule has 1 aromatic carbocycles. The molecule has 1 saturated heterocycles. The molecule has 1 aromatic rings. The van der Waals surface area contributed by atoms with Gasteiger partial charge in [0.05, 0.1) is 13.7 Å². The second kappa shape index (κ2) is 6.33. The molecule has 0 spiro atoms. The van der Waals surface area contributed by atoms with Crippen molar-refractivity contribution in [2.24, 2.45) is 0 Å². The van der Waals surface area contributed by atoms with Crippen LogP contribution in [0.15, 0.2) is 24.3 Å². The fourth-order valence-corrected chi connectivity index (χ4v) is 2.25. The average molecular weight is 309 g/mol. The van der Waals surface area contributed by atoms with Crippen LogP contribution in [0, 0.1) is 0 Å². The predicted octanol–water partition coefficient (Wildman–Crippen LogP) is 0.258. The number of aliphatic carboxylic acids is 1. The molecule has 0 aromatic heterocycles. The molecule has 7 nitrogen and oxygen atoms in total. The van der Waals surface area contributed by atoms with Crippen LogP contribution in [0.1, 0.15) is 12.5 Å². The molecule has 2 unspecified atom stereocenters. The van der Waals surface area contributed by atoms with Gasteiger partial charge in [0, 0.05) is 13.1 Å². The maximum atomic E-state index is 12.4. The summed E-state index contributed by atoms with van der Waals surface area (Å²) in [4.78, 5) is 24.9. The van der Waals surface area contributed by atoms with Gasteiger partial charge in [0.15, 0.2) is 11.7 Å². The number of carboxylic acid groups (broad SMARTS) is 1. The highest BCUT2D eigenvalue weighted by molar-refractivity contribution is 5.91. The SMILES string of the molecule is COc1ccc(CN2CCOC(C(C)(O)C(=O)O)C2=O)cc1. The van der Waals surface area contributed by atoms with Gasteiger partial charge < -0.3 is 24.6 Å². The number of carbonyl (C=O) groups excluding carboxylic acids is 1. The van der Waals surface area contributed by atoms with E-state index in [4.69, 9.17) is 14.6 Å². The van der Waals surface area contributed by atoms with Crippen molar-refractivity contribution in [1.82, 2.24) is 4.90 Å². The molecule has 0 radical (unpaired) electrons. The molecular weight excluding hydrogens is 290 g/mol. The zero-order valence-electron chi connectivity index (χ0n) is 12.5. The molecule has 0 aliphatic carbocycles. The lowest BCUT2D eigenvalue weighted by Gasteiger charge is -2.37. The minimum Gasteiger partial charge on any atom is -0.497 e. The summed E-state index contributed by atoms with van der Waals surface area (Å²) in [6.07, 6.45) is -1.41. The monoisotopic (exact) mass is 309 g/mol. The molecule has 22 heavy (non-hydrogen) atoms. The second-order valence-electron chi connectivity index (χ2n) is 5.31. The average Bonchev–Trinajstić information content (AvgIpc) is 2.49. The van der Waals surface area contributed by atoms with Crippen LogP contribution in [0.4, 0.5) is 0 Å². The van der Waals surface area contributed by atoms with Gasteiger partial charge in [-0.3, -0.25) is 4.79 Å². The van der Waals surface area contributed by atoms with Crippen LogP contribution < -0.4 is 4.74 Å². The lowest BCUT2D eigenvalue weighted by Crippen LogP contribution is -2.59. The van der Waals surface area contributed by atoms with E-state index in [-0.39, 0.29) is 6.61 Å². The summed E-state index contributed by atoms with van der Waals surface area (Å²) in [7, 11) is 1.57. The van der Waals surface area contributed by atoms with E-state index in [9.17, 15) is 14.7 Å². The van der Waals surface area contributed by atoms with Crippen molar-refractivity contribution < 1.29 is 29.3 Å². The van der Waals surface area contributed by atoms with E-state index in [1.54, 1.807) is 19.2 Å². The van der Waals surface area contributed by atoms with Crippen LogP contribution in [-0.2, 0) is 20.9 Å². The standard InChI is InChI=1S/C15H19NO6/c1-15(20,14(18)19)12-13(17)16(7-8-22-12)9-10-3-5-11(21-2)6-4-10/h3-6,12,20H,7-9H2,1-2H3,(H,18,19). The van der Waals surface area contributed by atoms with Crippen molar-refractivity contribution >= 4 is 11.9 Å². The molecule has 120 valence electrons. The summed E-state index contributed by atoms with van der Waals surface area (Å²) in [5.41, 5.74) is -1.37. The molecule has 2 atom stereocenters. The molecule has 7 heteroatoms. The smallest absolute Gasteiger partial charge is 0.338 e. The molecule has 1 fully saturated rings. The lowest BCUT2D eigenvalue weighted by molar-refractivity contribution is -0.191. The van der Waals surface area contributed by atoms with Crippen molar-refractivity contribution in [2.75, 3.05) is 20.3 Å². The van der Waals surface area contributed by atoms with Gasteiger partial charge in [-0.2, -0.15) is 0 Å². The van der Waals surface area contributed by atoms with E-state index < -0.39 is 23.6 Å². The first-order chi connectivity index (χ1) is 10.4. The molecule has 1 aliphatic rings. The third-order valence-electron chi connectivity index (χ3n) is 3.66. The fraction of sp³-hybridized carbons (Fsp3) is 0.467. The number of rotatable bonds is 5. The van der Waals surface area contributed by atoms with Crippen molar-refractivity contribution in [3.05, 3.63) is 29.8 Å². The Balaban J connectivity index is 2.11. The number of methoxy groups -OCH3 is 1. The number of nitrogens with zero attached hydrogens (tertiary/aromatic N) is 1. The zero-order chi connectivity index (χ0) is 16.3. The minimum atomic E-state index is -2.25. The Kier molecular flexibility index (Phi) is 4.68. The summed E-state index contributed by atoms with van der Waals surface area (Å²) in [6.45, 7) is 1.90. The van der Waals surface area contributed by atoms with Gasteiger partial charge in [-0.25, -0.2) is 4.79 Å². The van der Waals surface area contributed by atoms with Crippen molar-refractivity contribution in [3.8, 4) is 5.75 Å². The Morgan fingerprint density at radius 2 is 2.09 bits per heavy atom. The third kappa shape index (κ3) is 3.20. The van der Waals surface area contributed by atoms with Gasteiger partial charge in [0.1, 0.15) is 5.75 Å². The molecule has 0 saturated carbocycles. The molecule has 2 N–H and O–H groups in total. The number of carboxylic acids is 1. The van der Waals surface area contributed by atoms with Gasteiger partial charge in [0.25, 0.3) is 5.91 Å². The maximum Gasteiger partial charge on any atom is 0.338 e. The number of hydrogen-bond donors (Lipinski definition) is 2. The molecule has 1 aliphatic heterocycles. The molecule has 0 bridgehead atoms. The molecule has 1 heterocycles. The topological polar surface area (TPSA) is 96.3 Å². The number of benzene rings is 1. The third-order valence-corrected chi connectivity index (χ3v) is 3.66. The summed E-state index contributed by atoms with van der Waals surface area (Å²) in [5.74, 6) is -1.31. The molecule has 1 amide bonds. The highest BCUT2D eigenvalue weighted by atomic mass is 16.5. The largest absolute Gasteiger partial charge is 0.497 e. The summed E-state index contributed by atoms with van der Waals surface area (Å²) < 4.78 is 10.2. The van der Waals surface area contributed by atoms with E-state index in [1.165, 1.54) is 4.90 Å². The Hall–Kier alpha value is -2.12. The van der Waals surface area contributed by atoms with Crippen molar-refractivity contribution in [1.29, 1.82) is 0 Å². The summed E-state index contributed by atoms with van der Waals surface area (Å²) >= 11 is 0. The van der Waals surface area contributed by atoms with Gasteiger partial charge in [-0.1, -0.05) is 12.1 Å². The second-order valence-corrected chi connectivity index (χ2v) is 5.31. The normalized spacial score (nSPS) is 21.3. The summed E-state index contributed by atoms with van der Waals surface area (Å²) in [6, 6.07) is 7.22. The van der Waals surface area contributed by atoms with E-state index >= 15 is 0 Å². The van der Waals surface area contributed by atoms with Gasteiger partial charge in [0.2, 0.25) is 0 Å². The molecule has 2 rings (SSSR count). The van der Waals surface area contributed by atoms with Gasteiger partial charge in [-0.05, 0) is 24.6 Å². The van der Waals surface area contributed by atoms with Crippen molar-refractivity contribution in [3.63, 3.8) is 0 Å². The first kappa shape index (κ1) is 16.3. The highest BCUT2D eigenvalue weighted by Gasteiger charge is 2.48. The van der Waals surface area contributed by atoms with Crippen molar-refractivity contribution in [2.45, 2.75) is 25.2 Å². The first-order valence-corrected chi connectivity index (χ1v) is 6.85. The van der Waals surface area contributed by atoms with E-state index in [2.05, 4.69) is 0 Å². The number of aliphatic hydroxyl groups is 1. The quantitative estimate of drug-likeness (QED) is 0.810. The van der Waals surface area contributed by atoms with Crippen LogP contribution in [0.3, 0.4) is 0 Å². The predicted molar refractivity (Wildman–Crippen MR) is 76.4 cm³/mol. The Morgan fingerprint density at radius 1 is 1.45 bits per heavy atom. The summed E-state index contributed by atoms with van der Waals surface area (Å²) in [5, 5.41) is 19.0. The van der Waals surface area contributed by atoms with Crippen LogP contribution in [0.2, 0.25) is 0 Å². The molecular formula is C15H19NO6.